The molecule has 0 fully saturated rings. The minimum Gasteiger partial charge on any atom is -0.398 e. The monoisotopic (exact) mass is 526 g/mol. The van der Waals surface area contributed by atoms with Gasteiger partial charge in [0.1, 0.15) is 0 Å². The molecule has 0 bridgehead atoms. The average Bonchev–Trinajstić information content (AvgIpc) is 2.78. The minimum atomic E-state index is -2.22. The first kappa shape index (κ1) is 32.3. The quantitative estimate of drug-likeness (QED) is 0.134. The summed E-state index contributed by atoms with van der Waals surface area (Å²) in [6.07, 6.45) is 2.06. The van der Waals surface area contributed by atoms with Crippen LogP contribution in [0, 0.1) is 0 Å². The molecule has 12 heteroatoms. The first-order valence-electron chi connectivity index (χ1n) is 11.8. The first-order chi connectivity index (χ1) is 15.1. The summed E-state index contributed by atoms with van der Waals surface area (Å²) in [5.74, 6) is 0.309. The average molecular weight is 527 g/mol. The van der Waals surface area contributed by atoms with Crippen LogP contribution in [-0.2, 0) is 26.6 Å². The van der Waals surface area contributed by atoms with Crippen LogP contribution in [0.1, 0.15) is 26.7 Å². The van der Waals surface area contributed by atoms with Crippen molar-refractivity contribution in [1.82, 2.24) is 10.6 Å². The molecule has 0 saturated carbocycles. The molecule has 0 unspecified atom stereocenters. The fourth-order valence-electron chi connectivity index (χ4n) is 3.31. The van der Waals surface area contributed by atoms with Crippen LogP contribution in [-0.4, -0.2) is 95.7 Å². The molecule has 0 saturated heterocycles. The van der Waals surface area contributed by atoms with Crippen molar-refractivity contribution in [2.24, 2.45) is 0 Å². The maximum atomic E-state index is 5.94. The Morgan fingerprint density at radius 3 is 1.50 bits per heavy atom. The summed E-state index contributed by atoms with van der Waals surface area (Å²) in [7, 11) is 0.193. The van der Waals surface area contributed by atoms with Crippen molar-refractivity contribution < 1.29 is 26.6 Å². The zero-order valence-corrected chi connectivity index (χ0v) is 26.5. The third kappa shape index (κ3) is 13.9. The molecule has 0 aliphatic carbocycles. The summed E-state index contributed by atoms with van der Waals surface area (Å²) in [5, 5.41) is 7.42. The zero-order valence-electron chi connectivity index (χ0n) is 22.0. The molecule has 0 atom stereocenters. The lowest BCUT2D eigenvalue weighted by Crippen LogP contribution is -2.48. The van der Waals surface area contributed by atoms with Crippen molar-refractivity contribution in [3.05, 3.63) is 11.4 Å². The van der Waals surface area contributed by atoms with E-state index in [2.05, 4.69) is 41.7 Å². The molecule has 2 N–H and O–H groups in total. The molecular formula is C20H50N2O6Si4. The highest BCUT2D eigenvalue weighted by atomic mass is 28.4. The van der Waals surface area contributed by atoms with E-state index in [1.807, 2.05) is 13.8 Å². The van der Waals surface area contributed by atoms with Gasteiger partial charge in [-0.15, -0.1) is 5.70 Å². The van der Waals surface area contributed by atoms with Gasteiger partial charge in [-0.2, -0.15) is 0 Å². The highest BCUT2D eigenvalue weighted by Gasteiger charge is 2.29. The Balaban J connectivity index is 4.81. The highest BCUT2D eigenvalue weighted by Crippen LogP contribution is 2.14. The van der Waals surface area contributed by atoms with Crippen LogP contribution in [0.3, 0.4) is 0 Å². The lowest BCUT2D eigenvalue weighted by Gasteiger charge is -2.25. The van der Waals surface area contributed by atoms with E-state index < -0.39 is 35.2 Å². The van der Waals surface area contributed by atoms with E-state index >= 15 is 0 Å². The molecule has 0 radical (unpaired) electrons. The van der Waals surface area contributed by atoms with Gasteiger partial charge in [0, 0.05) is 47.4 Å². The van der Waals surface area contributed by atoms with Crippen molar-refractivity contribution in [2.45, 2.75) is 64.2 Å². The van der Waals surface area contributed by atoms with Gasteiger partial charge in [0.15, 0.2) is 0 Å². The van der Waals surface area contributed by atoms with Gasteiger partial charge in [0.05, 0.1) is 9.52 Å². The third-order valence-electron chi connectivity index (χ3n) is 5.78. The Morgan fingerprint density at radius 1 is 0.750 bits per heavy atom. The topological polar surface area (TPSA) is 79.4 Å². The van der Waals surface area contributed by atoms with Gasteiger partial charge in [0.25, 0.3) is 0 Å². The standard InChI is InChI=1S/C20H50N2O6Si4/c1-10-27-32(9,28-11-2)19-16-29-20(21-14-12-17-30(7,23-3)24-4)22-15-13-18-31(8,25-5)26-6/h16,19-22H,10-15,17-18,29H2,1-9H3. The fourth-order valence-corrected chi connectivity index (χ4v) is 10.8. The zero-order chi connectivity index (χ0) is 24.5. The molecule has 0 aliphatic rings. The summed E-state index contributed by atoms with van der Waals surface area (Å²) in [5.41, 5.74) is 4.54. The van der Waals surface area contributed by atoms with E-state index in [0.29, 0.717) is 19.0 Å². The predicted octanol–water partition coefficient (Wildman–Crippen LogP) is 2.33. The molecule has 0 aliphatic heterocycles. The maximum Gasteiger partial charge on any atom is 0.361 e. The second-order valence-corrected chi connectivity index (χ2v) is 20.1. The molecule has 0 heterocycles. The van der Waals surface area contributed by atoms with Crippen LogP contribution in [0.5, 0.6) is 0 Å². The normalized spacial score (nSPS) is 13.9. The fraction of sp³-hybridized carbons (Fsp3) is 0.900. The summed E-state index contributed by atoms with van der Waals surface area (Å²) in [4.78, 5) is 0. The van der Waals surface area contributed by atoms with Crippen LogP contribution in [0.2, 0.25) is 31.7 Å². The second kappa shape index (κ2) is 17.7. The molecule has 8 nitrogen and oxygen atoms in total. The lowest BCUT2D eigenvalue weighted by atomic mass is 10.4. The SMILES string of the molecule is CCO[Si](C)(C=C[SiH2]C(NCCC[Si](C)(OC)OC)NCCC[Si](C)(OC)OC)OCC. The van der Waals surface area contributed by atoms with Gasteiger partial charge in [-0.25, -0.2) is 0 Å². The molecular weight excluding hydrogens is 477 g/mol. The van der Waals surface area contributed by atoms with Crippen LogP contribution in [0.25, 0.3) is 0 Å². The Labute approximate surface area is 202 Å². The molecule has 32 heavy (non-hydrogen) atoms. The van der Waals surface area contributed by atoms with Gasteiger partial charge >= 0.3 is 25.7 Å². The van der Waals surface area contributed by atoms with E-state index in [9.17, 15) is 0 Å². The third-order valence-corrected chi connectivity index (χ3v) is 16.3. The summed E-state index contributed by atoms with van der Waals surface area (Å²) < 4.78 is 34.3. The molecule has 0 aromatic carbocycles. The van der Waals surface area contributed by atoms with Gasteiger partial charge < -0.3 is 37.2 Å². The van der Waals surface area contributed by atoms with Gasteiger partial charge in [-0.1, -0.05) is 5.70 Å². The predicted molar refractivity (Wildman–Crippen MR) is 142 cm³/mol. The van der Waals surface area contributed by atoms with Crippen LogP contribution in [0.15, 0.2) is 11.4 Å². The Kier molecular flexibility index (Phi) is 17.8. The summed E-state index contributed by atoms with van der Waals surface area (Å²) >= 11 is 0. The minimum absolute atomic E-state index is 0.309. The Morgan fingerprint density at radius 2 is 1.16 bits per heavy atom. The largest absolute Gasteiger partial charge is 0.398 e. The molecule has 0 amide bonds. The Hall–Kier alpha value is 0.288. The smallest absolute Gasteiger partial charge is 0.361 e. The molecule has 0 spiro atoms. The lowest BCUT2D eigenvalue weighted by molar-refractivity contribution is 0.201. The Bertz CT molecular complexity index is 465. The summed E-state index contributed by atoms with van der Waals surface area (Å²) in [6, 6.07) is 1.95. The van der Waals surface area contributed by atoms with Gasteiger partial charge in [0.2, 0.25) is 0 Å². The highest BCUT2D eigenvalue weighted by molar-refractivity contribution is 6.72. The van der Waals surface area contributed by atoms with Gasteiger partial charge in [-0.3, -0.25) is 0 Å². The molecule has 0 aromatic rings. The van der Waals surface area contributed by atoms with E-state index in [1.165, 1.54) is 0 Å². The number of nitrogens with one attached hydrogen (secondary N) is 2. The van der Waals surface area contributed by atoms with Crippen LogP contribution < -0.4 is 10.6 Å². The van der Waals surface area contributed by atoms with Crippen molar-refractivity contribution >= 4 is 35.2 Å². The van der Waals surface area contributed by atoms with Crippen molar-refractivity contribution in [3.63, 3.8) is 0 Å². The van der Waals surface area contributed by atoms with E-state index in [0.717, 1.165) is 38.0 Å². The maximum absolute atomic E-state index is 5.94. The molecule has 0 rings (SSSR count). The molecule has 0 aromatic heterocycles. The van der Waals surface area contributed by atoms with Crippen molar-refractivity contribution in [2.75, 3.05) is 54.7 Å². The van der Waals surface area contributed by atoms with Crippen LogP contribution >= 0.6 is 0 Å². The number of rotatable bonds is 21. The van der Waals surface area contributed by atoms with E-state index in [4.69, 9.17) is 26.6 Å². The van der Waals surface area contributed by atoms with Gasteiger partial charge in [-0.05, 0) is 71.5 Å². The molecule has 192 valence electrons. The van der Waals surface area contributed by atoms with E-state index in [-0.39, 0.29) is 0 Å². The number of hydrogen-bond acceptors (Lipinski definition) is 8. The van der Waals surface area contributed by atoms with E-state index in [1.54, 1.807) is 28.4 Å². The second-order valence-electron chi connectivity index (χ2n) is 8.27. The number of hydrogen-bond donors (Lipinski definition) is 2. The summed E-state index contributed by atoms with van der Waals surface area (Å²) in [6.45, 7) is 13.6. The first-order valence-corrected chi connectivity index (χ1v) is 20.9. The van der Waals surface area contributed by atoms with Crippen LogP contribution in [0.4, 0.5) is 0 Å². The van der Waals surface area contributed by atoms with Crippen molar-refractivity contribution in [3.8, 4) is 0 Å². The van der Waals surface area contributed by atoms with Crippen molar-refractivity contribution in [1.29, 1.82) is 0 Å².